The average Bonchev–Trinajstić information content (AvgIpc) is 2.20. The van der Waals surface area contributed by atoms with E-state index in [1.807, 2.05) is 6.08 Å². The second-order valence-electron chi connectivity index (χ2n) is 7.24. The van der Waals surface area contributed by atoms with Gasteiger partial charge in [-0.2, -0.15) is 0 Å². The Balaban J connectivity index is 2.15. The van der Waals surface area contributed by atoms with Crippen LogP contribution >= 0.6 is 0 Å². The first-order chi connectivity index (χ1) is 8.21. The van der Waals surface area contributed by atoms with Gasteiger partial charge in [0.25, 0.3) is 0 Å². The van der Waals surface area contributed by atoms with Crippen molar-refractivity contribution < 1.29 is 9.45 Å². The predicted molar refractivity (Wildman–Crippen MR) is 75.6 cm³/mol. The van der Waals surface area contributed by atoms with Gasteiger partial charge in [0.15, 0.2) is 5.78 Å². The van der Waals surface area contributed by atoms with Crippen molar-refractivity contribution in [2.45, 2.75) is 65.8 Å². The summed E-state index contributed by atoms with van der Waals surface area (Å²) in [5.74, 6) is 0.745. The molecule has 1 heterocycles. The van der Waals surface area contributed by atoms with Crippen molar-refractivity contribution in [2.24, 2.45) is 11.3 Å². The van der Waals surface area contributed by atoms with Gasteiger partial charge in [-0.05, 0) is 50.4 Å². The Kier molecular flexibility index (Phi) is 3.48. The molecule has 0 N–H and O–H groups in total. The van der Waals surface area contributed by atoms with Gasteiger partial charge in [0, 0.05) is 6.42 Å². The summed E-state index contributed by atoms with van der Waals surface area (Å²) in [6.45, 7) is 11.2. The number of ketones is 1. The standard InChI is InChI=1S/C15H25BO2/c1-11-8-12(10-13(17)9-11)16-7-6-14(2,3)15(4,5)18-16/h10-11H,6-9H2,1-5H3. The van der Waals surface area contributed by atoms with Gasteiger partial charge in [-0.15, -0.1) is 0 Å². The summed E-state index contributed by atoms with van der Waals surface area (Å²) in [5.41, 5.74) is 1.30. The SMILES string of the molecule is CC1CC(=O)C=C(B2CCC(C)(C)C(C)(C)O2)C1. The van der Waals surface area contributed by atoms with E-state index in [0.717, 1.165) is 19.2 Å². The number of hydrogen-bond acceptors (Lipinski definition) is 2. The lowest BCUT2D eigenvalue weighted by Gasteiger charge is -2.49. The fourth-order valence-electron chi connectivity index (χ4n) is 3.00. The smallest absolute Gasteiger partial charge is 0.323 e. The van der Waals surface area contributed by atoms with Crippen molar-refractivity contribution >= 4 is 12.7 Å². The Bertz CT molecular complexity index is 382. The highest BCUT2D eigenvalue weighted by Gasteiger charge is 2.46. The number of rotatable bonds is 1. The van der Waals surface area contributed by atoms with Gasteiger partial charge in [0.2, 0.25) is 0 Å². The molecule has 18 heavy (non-hydrogen) atoms. The molecule has 1 aliphatic heterocycles. The molecule has 2 nitrogen and oxygen atoms in total. The summed E-state index contributed by atoms with van der Waals surface area (Å²) >= 11 is 0. The van der Waals surface area contributed by atoms with Gasteiger partial charge in [0.1, 0.15) is 0 Å². The molecular formula is C15H25BO2. The first-order valence-corrected chi connectivity index (χ1v) is 7.12. The molecule has 0 spiro atoms. The molecule has 100 valence electrons. The zero-order chi connectivity index (χ0) is 13.6. The molecule has 0 aromatic heterocycles. The average molecular weight is 248 g/mol. The number of carbonyl (C=O) groups is 1. The fraction of sp³-hybridized carbons (Fsp3) is 0.800. The lowest BCUT2D eigenvalue weighted by molar-refractivity contribution is -0.115. The quantitative estimate of drug-likeness (QED) is 0.662. The van der Waals surface area contributed by atoms with E-state index in [2.05, 4.69) is 34.6 Å². The second-order valence-corrected chi connectivity index (χ2v) is 7.24. The van der Waals surface area contributed by atoms with Crippen LogP contribution in [-0.4, -0.2) is 18.3 Å². The van der Waals surface area contributed by atoms with Gasteiger partial charge in [-0.1, -0.05) is 26.2 Å². The summed E-state index contributed by atoms with van der Waals surface area (Å²) in [6, 6.07) is 0. The van der Waals surface area contributed by atoms with Crippen molar-refractivity contribution in [2.75, 3.05) is 0 Å². The van der Waals surface area contributed by atoms with Gasteiger partial charge in [-0.25, -0.2) is 0 Å². The molecule has 1 fully saturated rings. The van der Waals surface area contributed by atoms with E-state index < -0.39 is 0 Å². The first kappa shape index (κ1) is 13.9. The zero-order valence-corrected chi connectivity index (χ0v) is 12.4. The summed E-state index contributed by atoms with van der Waals surface area (Å²) in [6.07, 6.45) is 5.77. The Morgan fingerprint density at radius 1 is 1.28 bits per heavy atom. The number of hydrogen-bond donors (Lipinski definition) is 0. The van der Waals surface area contributed by atoms with E-state index in [9.17, 15) is 4.79 Å². The molecule has 1 aliphatic carbocycles. The monoisotopic (exact) mass is 248 g/mol. The number of carbonyl (C=O) groups excluding carboxylic acids is 1. The van der Waals surface area contributed by atoms with Gasteiger partial charge >= 0.3 is 6.92 Å². The van der Waals surface area contributed by atoms with Crippen LogP contribution in [0.1, 0.15) is 53.9 Å². The van der Waals surface area contributed by atoms with Crippen molar-refractivity contribution in [3.05, 3.63) is 11.5 Å². The minimum absolute atomic E-state index is 0.125. The third kappa shape index (κ3) is 2.56. The second kappa shape index (κ2) is 4.52. The van der Waals surface area contributed by atoms with Crippen LogP contribution in [0.4, 0.5) is 0 Å². The fourth-order valence-corrected chi connectivity index (χ4v) is 3.00. The van der Waals surface area contributed by atoms with Gasteiger partial charge < -0.3 is 4.65 Å². The molecular weight excluding hydrogens is 223 g/mol. The maximum absolute atomic E-state index is 11.7. The largest absolute Gasteiger partial charge is 0.426 e. The first-order valence-electron chi connectivity index (χ1n) is 7.12. The van der Waals surface area contributed by atoms with Crippen molar-refractivity contribution in [1.29, 1.82) is 0 Å². The molecule has 1 unspecified atom stereocenters. The number of allylic oxidation sites excluding steroid dienone is 2. The molecule has 0 saturated carbocycles. The highest BCUT2D eigenvalue weighted by Crippen LogP contribution is 2.45. The lowest BCUT2D eigenvalue weighted by atomic mass is 9.48. The maximum Gasteiger partial charge on any atom is 0.323 e. The van der Waals surface area contributed by atoms with Gasteiger partial charge in [-0.3, -0.25) is 4.79 Å². The molecule has 0 aromatic carbocycles. The van der Waals surface area contributed by atoms with E-state index in [4.69, 9.17) is 4.65 Å². The zero-order valence-electron chi connectivity index (χ0n) is 12.4. The molecule has 1 atom stereocenters. The molecule has 0 amide bonds. The van der Waals surface area contributed by atoms with Crippen LogP contribution in [0.25, 0.3) is 0 Å². The van der Waals surface area contributed by atoms with Crippen molar-refractivity contribution in [3.63, 3.8) is 0 Å². The maximum atomic E-state index is 11.7. The Morgan fingerprint density at radius 2 is 1.94 bits per heavy atom. The van der Waals surface area contributed by atoms with Crippen molar-refractivity contribution in [3.8, 4) is 0 Å². The summed E-state index contributed by atoms with van der Waals surface area (Å²) in [5, 5.41) is 0. The van der Waals surface area contributed by atoms with Crippen LogP contribution in [0.3, 0.4) is 0 Å². The van der Waals surface area contributed by atoms with E-state index >= 15 is 0 Å². The normalized spacial score (nSPS) is 31.2. The van der Waals surface area contributed by atoms with Crippen LogP contribution in [-0.2, 0) is 9.45 Å². The van der Waals surface area contributed by atoms with E-state index in [0.29, 0.717) is 12.3 Å². The minimum Gasteiger partial charge on any atom is -0.426 e. The molecule has 2 aliphatic rings. The van der Waals surface area contributed by atoms with Crippen LogP contribution in [0.2, 0.25) is 6.32 Å². The van der Waals surface area contributed by atoms with Crippen LogP contribution in [0, 0.1) is 11.3 Å². The van der Waals surface area contributed by atoms with Crippen molar-refractivity contribution in [1.82, 2.24) is 0 Å². The van der Waals surface area contributed by atoms with Crippen LogP contribution in [0.15, 0.2) is 11.5 Å². The molecule has 3 heteroatoms. The third-order valence-corrected chi connectivity index (χ3v) is 4.99. The lowest BCUT2D eigenvalue weighted by Crippen LogP contribution is -2.51. The van der Waals surface area contributed by atoms with Gasteiger partial charge in [0.05, 0.1) is 5.60 Å². The summed E-state index contributed by atoms with van der Waals surface area (Å²) in [4.78, 5) is 11.7. The highest BCUT2D eigenvalue weighted by atomic mass is 16.5. The molecule has 1 saturated heterocycles. The predicted octanol–water partition coefficient (Wildman–Crippen LogP) is 3.67. The third-order valence-electron chi connectivity index (χ3n) is 4.99. The Hall–Kier alpha value is -0.565. The van der Waals surface area contributed by atoms with Crippen LogP contribution < -0.4 is 0 Å². The Labute approximate surface area is 111 Å². The molecule has 2 rings (SSSR count). The highest BCUT2D eigenvalue weighted by molar-refractivity contribution is 6.61. The summed E-state index contributed by atoms with van der Waals surface area (Å²) in [7, 11) is 0. The minimum atomic E-state index is -0.125. The molecule has 0 bridgehead atoms. The van der Waals surface area contributed by atoms with E-state index in [1.54, 1.807) is 0 Å². The van der Waals surface area contributed by atoms with E-state index in [1.165, 1.54) is 5.47 Å². The summed E-state index contributed by atoms with van der Waals surface area (Å²) < 4.78 is 6.30. The molecule has 0 aromatic rings. The van der Waals surface area contributed by atoms with E-state index in [-0.39, 0.29) is 23.7 Å². The van der Waals surface area contributed by atoms with Crippen LogP contribution in [0.5, 0.6) is 0 Å². The Morgan fingerprint density at radius 3 is 2.50 bits per heavy atom. The molecule has 0 radical (unpaired) electrons. The topological polar surface area (TPSA) is 26.3 Å².